The molecule has 7 heteroatoms. The lowest BCUT2D eigenvalue weighted by Crippen LogP contribution is -2.42. The number of halogens is 2. The topological polar surface area (TPSA) is 54.5 Å². The molecule has 1 aromatic carbocycles. The summed E-state index contributed by atoms with van der Waals surface area (Å²) in [4.78, 5) is 13.4. The van der Waals surface area contributed by atoms with E-state index >= 15 is 0 Å². The van der Waals surface area contributed by atoms with Gasteiger partial charge < -0.3 is 0 Å². The van der Waals surface area contributed by atoms with Crippen LogP contribution >= 0.6 is 0 Å². The van der Waals surface area contributed by atoms with E-state index in [4.69, 9.17) is 0 Å². The van der Waals surface area contributed by atoms with Crippen LogP contribution in [0, 0.1) is 11.6 Å². The van der Waals surface area contributed by atoms with Gasteiger partial charge in [-0.1, -0.05) is 6.07 Å². The Morgan fingerprint density at radius 3 is 2.21 bits per heavy atom. The number of nitrogens with zero attached hydrogens (tertiary/aromatic N) is 1. The van der Waals surface area contributed by atoms with Crippen LogP contribution in [0.5, 0.6) is 0 Å². The summed E-state index contributed by atoms with van der Waals surface area (Å²) in [7, 11) is -3.03. The van der Waals surface area contributed by atoms with Gasteiger partial charge in [-0.3, -0.25) is 9.69 Å². The number of carbonyl (C=O) groups is 1. The lowest BCUT2D eigenvalue weighted by atomic mass is 10.1. The molecule has 0 radical (unpaired) electrons. The maximum absolute atomic E-state index is 13.4. The summed E-state index contributed by atoms with van der Waals surface area (Å²) in [5, 5.41) is 0. The van der Waals surface area contributed by atoms with E-state index < -0.39 is 32.8 Å². The Bertz CT molecular complexity index is 567. The number of Topliss-reactive ketones (excluding diaryl/α,β-unsaturated/α-hetero) is 1. The molecule has 0 unspecified atom stereocenters. The van der Waals surface area contributed by atoms with Crippen LogP contribution in [0.2, 0.25) is 0 Å². The summed E-state index contributed by atoms with van der Waals surface area (Å²) in [5.41, 5.74) is -0.559. The second-order valence-corrected chi connectivity index (χ2v) is 6.75. The first-order chi connectivity index (χ1) is 8.89. The summed E-state index contributed by atoms with van der Waals surface area (Å²) in [5.74, 6) is -2.51. The zero-order valence-corrected chi connectivity index (χ0v) is 10.9. The van der Waals surface area contributed by atoms with Crippen LogP contribution in [0.4, 0.5) is 8.78 Å². The number of hydrogen-bond donors (Lipinski definition) is 0. The van der Waals surface area contributed by atoms with Crippen molar-refractivity contribution in [3.63, 3.8) is 0 Å². The summed E-state index contributed by atoms with van der Waals surface area (Å²) in [6.07, 6.45) is 0. The number of ketones is 1. The van der Waals surface area contributed by atoms with Gasteiger partial charge in [-0.25, -0.2) is 17.2 Å². The molecule has 0 aromatic heterocycles. The van der Waals surface area contributed by atoms with Crippen molar-refractivity contribution in [1.82, 2.24) is 4.90 Å². The summed E-state index contributed by atoms with van der Waals surface area (Å²) >= 11 is 0. The van der Waals surface area contributed by atoms with Crippen molar-refractivity contribution in [2.24, 2.45) is 0 Å². The first kappa shape index (κ1) is 14.1. The molecule has 1 fully saturated rings. The average Bonchev–Trinajstić information content (AvgIpc) is 2.32. The number of benzene rings is 1. The molecule has 1 aliphatic rings. The molecule has 1 heterocycles. The van der Waals surface area contributed by atoms with Crippen molar-refractivity contribution in [2.45, 2.75) is 0 Å². The number of carbonyl (C=O) groups excluding carboxylic acids is 1. The van der Waals surface area contributed by atoms with Crippen molar-refractivity contribution >= 4 is 15.6 Å². The Labute approximate surface area is 109 Å². The number of hydrogen-bond acceptors (Lipinski definition) is 4. The number of sulfone groups is 1. The molecule has 1 aliphatic heterocycles. The van der Waals surface area contributed by atoms with Crippen LogP contribution in [0.25, 0.3) is 0 Å². The normalized spacial score (nSPS) is 19.3. The first-order valence-electron chi connectivity index (χ1n) is 5.79. The van der Waals surface area contributed by atoms with Gasteiger partial charge >= 0.3 is 0 Å². The van der Waals surface area contributed by atoms with E-state index in [1.54, 1.807) is 4.90 Å². The van der Waals surface area contributed by atoms with Crippen molar-refractivity contribution in [2.75, 3.05) is 31.1 Å². The minimum absolute atomic E-state index is 0.0277. The summed E-state index contributed by atoms with van der Waals surface area (Å²) in [6, 6.07) is 3.24. The molecule has 0 saturated carbocycles. The molecule has 0 bridgehead atoms. The van der Waals surface area contributed by atoms with Crippen LogP contribution in [-0.2, 0) is 9.84 Å². The Morgan fingerprint density at radius 1 is 1.16 bits per heavy atom. The summed E-state index contributed by atoms with van der Waals surface area (Å²) < 4.78 is 49.3. The maximum Gasteiger partial charge on any atom is 0.182 e. The first-order valence-corrected chi connectivity index (χ1v) is 7.61. The van der Waals surface area contributed by atoms with Gasteiger partial charge in [0.2, 0.25) is 0 Å². The predicted molar refractivity (Wildman–Crippen MR) is 65.8 cm³/mol. The third-order valence-corrected chi connectivity index (χ3v) is 4.66. The van der Waals surface area contributed by atoms with Crippen molar-refractivity contribution < 1.29 is 22.0 Å². The van der Waals surface area contributed by atoms with E-state index in [-0.39, 0.29) is 31.1 Å². The molecule has 2 rings (SSSR count). The van der Waals surface area contributed by atoms with Gasteiger partial charge in [0, 0.05) is 13.1 Å². The fourth-order valence-corrected chi connectivity index (χ4v) is 3.23. The SMILES string of the molecule is O=C(CN1CCS(=O)(=O)CC1)c1c(F)cccc1F. The highest BCUT2D eigenvalue weighted by Crippen LogP contribution is 2.14. The van der Waals surface area contributed by atoms with Gasteiger partial charge in [0.25, 0.3) is 0 Å². The second-order valence-electron chi connectivity index (χ2n) is 4.45. The van der Waals surface area contributed by atoms with Crippen LogP contribution in [-0.4, -0.2) is 50.2 Å². The Balaban J connectivity index is 2.06. The Kier molecular flexibility index (Phi) is 3.96. The van der Waals surface area contributed by atoms with Crippen LogP contribution < -0.4 is 0 Å². The molecule has 104 valence electrons. The van der Waals surface area contributed by atoms with Gasteiger partial charge in [0.1, 0.15) is 11.6 Å². The van der Waals surface area contributed by atoms with E-state index in [1.165, 1.54) is 6.07 Å². The molecule has 0 N–H and O–H groups in total. The predicted octanol–water partition coefficient (Wildman–Crippen LogP) is 0.878. The molecule has 1 aromatic rings. The smallest absolute Gasteiger partial charge is 0.182 e. The average molecular weight is 289 g/mol. The van der Waals surface area contributed by atoms with Crippen molar-refractivity contribution in [3.8, 4) is 0 Å². The van der Waals surface area contributed by atoms with Gasteiger partial charge in [-0.05, 0) is 12.1 Å². The molecule has 4 nitrogen and oxygen atoms in total. The lowest BCUT2D eigenvalue weighted by Gasteiger charge is -2.25. The van der Waals surface area contributed by atoms with Crippen molar-refractivity contribution in [1.29, 1.82) is 0 Å². The molecule has 0 amide bonds. The highest BCUT2D eigenvalue weighted by Gasteiger charge is 2.25. The lowest BCUT2D eigenvalue weighted by molar-refractivity contribution is 0.0927. The second kappa shape index (κ2) is 5.34. The number of rotatable bonds is 3. The molecular weight excluding hydrogens is 276 g/mol. The Morgan fingerprint density at radius 2 is 1.68 bits per heavy atom. The van der Waals surface area contributed by atoms with E-state index in [9.17, 15) is 22.0 Å². The highest BCUT2D eigenvalue weighted by atomic mass is 32.2. The molecule has 1 saturated heterocycles. The third-order valence-electron chi connectivity index (χ3n) is 3.05. The molecule has 0 atom stereocenters. The maximum atomic E-state index is 13.4. The fourth-order valence-electron chi connectivity index (χ4n) is 1.95. The zero-order chi connectivity index (χ0) is 14.0. The molecule has 0 aliphatic carbocycles. The largest absolute Gasteiger partial charge is 0.294 e. The van der Waals surface area contributed by atoms with E-state index in [1.807, 2.05) is 0 Å². The molecule has 0 spiro atoms. The molecule has 19 heavy (non-hydrogen) atoms. The van der Waals surface area contributed by atoms with E-state index in [0.29, 0.717) is 0 Å². The van der Waals surface area contributed by atoms with Gasteiger partial charge in [-0.15, -0.1) is 0 Å². The fraction of sp³-hybridized carbons (Fsp3) is 0.417. The monoisotopic (exact) mass is 289 g/mol. The standard InChI is InChI=1S/C12H13F2NO3S/c13-9-2-1-3-10(14)12(9)11(16)8-15-4-6-19(17,18)7-5-15/h1-3H,4-8H2. The third kappa shape index (κ3) is 3.36. The minimum atomic E-state index is -3.03. The van der Waals surface area contributed by atoms with Crippen LogP contribution in [0.3, 0.4) is 0 Å². The van der Waals surface area contributed by atoms with Gasteiger partial charge in [0.05, 0.1) is 23.6 Å². The van der Waals surface area contributed by atoms with Gasteiger partial charge in [-0.2, -0.15) is 0 Å². The van der Waals surface area contributed by atoms with Gasteiger partial charge in [0.15, 0.2) is 15.6 Å². The van der Waals surface area contributed by atoms with Crippen LogP contribution in [0.15, 0.2) is 18.2 Å². The quantitative estimate of drug-likeness (QED) is 0.775. The van der Waals surface area contributed by atoms with Crippen LogP contribution in [0.1, 0.15) is 10.4 Å². The van der Waals surface area contributed by atoms with E-state index in [0.717, 1.165) is 12.1 Å². The highest BCUT2D eigenvalue weighted by molar-refractivity contribution is 7.91. The minimum Gasteiger partial charge on any atom is -0.294 e. The zero-order valence-electron chi connectivity index (χ0n) is 10.1. The Hall–Kier alpha value is -1.34. The molecular formula is C12H13F2NO3S. The summed E-state index contributed by atoms with van der Waals surface area (Å²) in [6.45, 7) is 0.252. The van der Waals surface area contributed by atoms with E-state index in [2.05, 4.69) is 0 Å². The van der Waals surface area contributed by atoms with Crippen molar-refractivity contribution in [3.05, 3.63) is 35.4 Å².